The van der Waals surface area contributed by atoms with Crippen molar-refractivity contribution in [1.82, 2.24) is 5.32 Å². The monoisotopic (exact) mass is 321 g/mol. The van der Waals surface area contributed by atoms with Crippen molar-refractivity contribution in [2.24, 2.45) is 0 Å². The van der Waals surface area contributed by atoms with Crippen LogP contribution in [0.3, 0.4) is 0 Å². The molecule has 4 nitrogen and oxygen atoms in total. The summed E-state index contributed by atoms with van der Waals surface area (Å²) < 4.78 is 42.3. The minimum absolute atomic E-state index is 0.0769. The number of amides is 1. The van der Waals surface area contributed by atoms with E-state index < -0.39 is 29.7 Å². The minimum Gasteiger partial charge on any atom is -0.467 e. The SMILES string of the molecule is COC(=O)C(CSc1cccc(C(F)(F)F)c1)NC(C)=O. The first kappa shape index (κ1) is 17.4. The quantitative estimate of drug-likeness (QED) is 0.669. The highest BCUT2D eigenvalue weighted by molar-refractivity contribution is 7.99. The topological polar surface area (TPSA) is 55.4 Å². The molecule has 1 amide bonds. The number of alkyl halides is 3. The van der Waals surface area contributed by atoms with Gasteiger partial charge in [-0.25, -0.2) is 4.79 Å². The Kier molecular flexibility index (Phi) is 6.07. The molecule has 1 atom stereocenters. The molecule has 116 valence electrons. The standard InChI is InChI=1S/C13H14F3NO3S/c1-8(18)17-11(12(19)20-2)7-21-10-5-3-4-9(6-10)13(14,15)16/h3-6,11H,7H2,1-2H3,(H,17,18). The van der Waals surface area contributed by atoms with Gasteiger partial charge in [0, 0.05) is 17.6 Å². The van der Waals surface area contributed by atoms with E-state index in [0.717, 1.165) is 23.9 Å². The molecule has 1 aromatic carbocycles. The van der Waals surface area contributed by atoms with Crippen LogP contribution in [0.5, 0.6) is 0 Å². The number of benzene rings is 1. The van der Waals surface area contributed by atoms with E-state index in [1.165, 1.54) is 26.2 Å². The van der Waals surface area contributed by atoms with Gasteiger partial charge in [0.2, 0.25) is 5.91 Å². The van der Waals surface area contributed by atoms with Crippen LogP contribution in [0.15, 0.2) is 29.2 Å². The van der Waals surface area contributed by atoms with Gasteiger partial charge in [-0.2, -0.15) is 13.2 Å². The van der Waals surface area contributed by atoms with E-state index in [1.807, 2.05) is 0 Å². The largest absolute Gasteiger partial charge is 0.467 e. The summed E-state index contributed by atoms with van der Waals surface area (Å²) in [5.74, 6) is -0.993. The van der Waals surface area contributed by atoms with Gasteiger partial charge in [0.05, 0.1) is 12.7 Å². The molecule has 1 unspecified atom stereocenters. The van der Waals surface area contributed by atoms with Gasteiger partial charge in [0.1, 0.15) is 6.04 Å². The normalized spacial score (nSPS) is 12.6. The van der Waals surface area contributed by atoms with Gasteiger partial charge in [0.15, 0.2) is 0 Å². The number of rotatable bonds is 5. The van der Waals surface area contributed by atoms with E-state index in [2.05, 4.69) is 10.1 Å². The number of hydrogen-bond donors (Lipinski definition) is 1. The Labute approximate surface area is 124 Å². The molecule has 0 fully saturated rings. The molecule has 0 bridgehead atoms. The van der Waals surface area contributed by atoms with Crippen LogP contribution < -0.4 is 5.32 Å². The van der Waals surface area contributed by atoms with E-state index in [1.54, 1.807) is 0 Å². The lowest BCUT2D eigenvalue weighted by molar-refractivity contribution is -0.144. The first-order chi connectivity index (χ1) is 9.74. The highest BCUT2D eigenvalue weighted by Crippen LogP contribution is 2.32. The summed E-state index contributed by atoms with van der Waals surface area (Å²) in [4.78, 5) is 22.8. The molecule has 0 spiro atoms. The van der Waals surface area contributed by atoms with Gasteiger partial charge in [-0.15, -0.1) is 11.8 Å². The Morgan fingerprint density at radius 1 is 1.38 bits per heavy atom. The molecule has 21 heavy (non-hydrogen) atoms. The van der Waals surface area contributed by atoms with Crippen LogP contribution in [-0.4, -0.2) is 30.8 Å². The Morgan fingerprint density at radius 2 is 2.05 bits per heavy atom. The molecule has 0 radical (unpaired) electrons. The molecule has 8 heteroatoms. The van der Waals surface area contributed by atoms with Crippen molar-refractivity contribution in [2.45, 2.75) is 24.0 Å². The van der Waals surface area contributed by atoms with Gasteiger partial charge in [-0.05, 0) is 18.2 Å². The third-order valence-corrected chi connectivity index (χ3v) is 3.53. The summed E-state index contributed by atoms with van der Waals surface area (Å²) in [7, 11) is 1.17. The van der Waals surface area contributed by atoms with Crippen LogP contribution in [0, 0.1) is 0 Å². The van der Waals surface area contributed by atoms with Gasteiger partial charge >= 0.3 is 12.1 Å². The summed E-state index contributed by atoms with van der Waals surface area (Å²) in [6, 6.07) is 3.84. The maximum atomic E-state index is 12.6. The van der Waals surface area contributed by atoms with Gasteiger partial charge in [0.25, 0.3) is 0 Å². The average molecular weight is 321 g/mol. The molecular weight excluding hydrogens is 307 g/mol. The lowest BCUT2D eigenvalue weighted by atomic mass is 10.2. The van der Waals surface area contributed by atoms with Crippen molar-refractivity contribution < 1.29 is 27.5 Å². The smallest absolute Gasteiger partial charge is 0.416 e. The zero-order chi connectivity index (χ0) is 16.0. The van der Waals surface area contributed by atoms with Crippen molar-refractivity contribution in [2.75, 3.05) is 12.9 Å². The van der Waals surface area contributed by atoms with Crippen LogP contribution in [0.1, 0.15) is 12.5 Å². The number of hydrogen-bond acceptors (Lipinski definition) is 4. The van der Waals surface area contributed by atoms with E-state index in [0.29, 0.717) is 4.90 Å². The Balaban J connectivity index is 2.76. The van der Waals surface area contributed by atoms with Crippen LogP contribution in [-0.2, 0) is 20.5 Å². The number of ether oxygens (including phenoxy) is 1. The second-order valence-corrected chi connectivity index (χ2v) is 5.21. The first-order valence-corrected chi connectivity index (χ1v) is 6.87. The lowest BCUT2D eigenvalue weighted by Crippen LogP contribution is -2.42. The van der Waals surface area contributed by atoms with Gasteiger partial charge < -0.3 is 10.1 Å². The fourth-order valence-electron chi connectivity index (χ4n) is 1.50. The summed E-state index contributed by atoms with van der Waals surface area (Å²) in [6.07, 6.45) is -4.42. The Bertz CT molecular complexity index is 520. The summed E-state index contributed by atoms with van der Waals surface area (Å²) in [6.45, 7) is 1.24. The van der Waals surface area contributed by atoms with Gasteiger partial charge in [-0.1, -0.05) is 6.07 Å². The molecule has 0 saturated carbocycles. The van der Waals surface area contributed by atoms with Crippen molar-refractivity contribution in [3.63, 3.8) is 0 Å². The zero-order valence-electron chi connectivity index (χ0n) is 11.4. The van der Waals surface area contributed by atoms with Crippen LogP contribution in [0.2, 0.25) is 0 Å². The minimum atomic E-state index is -4.42. The number of thioether (sulfide) groups is 1. The van der Waals surface area contributed by atoms with E-state index in [9.17, 15) is 22.8 Å². The number of halogens is 3. The van der Waals surface area contributed by atoms with Crippen molar-refractivity contribution >= 4 is 23.6 Å². The lowest BCUT2D eigenvalue weighted by Gasteiger charge is -2.15. The molecule has 0 aliphatic rings. The Hall–Kier alpha value is -1.70. The predicted molar refractivity (Wildman–Crippen MR) is 71.8 cm³/mol. The molecular formula is C13H14F3NO3S. The molecule has 0 aliphatic heterocycles. The zero-order valence-corrected chi connectivity index (χ0v) is 12.2. The maximum absolute atomic E-state index is 12.6. The van der Waals surface area contributed by atoms with E-state index in [-0.39, 0.29) is 5.75 Å². The number of esters is 1. The fraction of sp³-hybridized carbons (Fsp3) is 0.385. The molecule has 0 aromatic heterocycles. The second kappa shape index (κ2) is 7.35. The predicted octanol–water partition coefficient (Wildman–Crippen LogP) is 2.48. The summed E-state index contributed by atoms with van der Waals surface area (Å²) >= 11 is 1.03. The molecule has 0 heterocycles. The van der Waals surface area contributed by atoms with E-state index >= 15 is 0 Å². The van der Waals surface area contributed by atoms with Crippen LogP contribution >= 0.6 is 11.8 Å². The van der Waals surface area contributed by atoms with Gasteiger partial charge in [-0.3, -0.25) is 4.79 Å². The van der Waals surface area contributed by atoms with Crippen molar-refractivity contribution in [1.29, 1.82) is 0 Å². The molecule has 0 aliphatic carbocycles. The second-order valence-electron chi connectivity index (χ2n) is 4.11. The molecule has 1 N–H and O–H groups in total. The third kappa shape index (κ3) is 5.66. The average Bonchev–Trinajstić information content (AvgIpc) is 2.41. The highest BCUT2D eigenvalue weighted by Gasteiger charge is 2.30. The molecule has 0 saturated heterocycles. The van der Waals surface area contributed by atoms with Crippen LogP contribution in [0.4, 0.5) is 13.2 Å². The van der Waals surface area contributed by atoms with Crippen LogP contribution in [0.25, 0.3) is 0 Å². The number of methoxy groups -OCH3 is 1. The molecule has 1 rings (SSSR count). The van der Waals surface area contributed by atoms with Crippen molar-refractivity contribution in [3.05, 3.63) is 29.8 Å². The number of carbonyl (C=O) groups is 2. The fourth-order valence-corrected chi connectivity index (χ4v) is 2.46. The van der Waals surface area contributed by atoms with Crippen molar-refractivity contribution in [3.8, 4) is 0 Å². The highest BCUT2D eigenvalue weighted by atomic mass is 32.2. The third-order valence-electron chi connectivity index (χ3n) is 2.44. The summed E-state index contributed by atoms with van der Waals surface area (Å²) in [5, 5.41) is 2.39. The first-order valence-electron chi connectivity index (χ1n) is 5.89. The number of carbonyl (C=O) groups excluding carboxylic acids is 2. The maximum Gasteiger partial charge on any atom is 0.416 e. The molecule has 1 aromatic rings. The summed E-state index contributed by atoms with van der Waals surface area (Å²) in [5.41, 5.74) is -0.762. The van der Waals surface area contributed by atoms with E-state index in [4.69, 9.17) is 0 Å². The number of nitrogens with one attached hydrogen (secondary N) is 1. The Morgan fingerprint density at radius 3 is 2.57 bits per heavy atom.